The van der Waals surface area contributed by atoms with Crippen LogP contribution in [0.15, 0.2) is 36.4 Å². The minimum Gasteiger partial charge on any atom is -0.487 e. The van der Waals surface area contributed by atoms with Gasteiger partial charge in [-0.15, -0.1) is 0 Å². The van der Waals surface area contributed by atoms with Gasteiger partial charge in [-0.25, -0.2) is 0 Å². The van der Waals surface area contributed by atoms with E-state index >= 15 is 0 Å². The summed E-state index contributed by atoms with van der Waals surface area (Å²) in [6.07, 6.45) is -6.63. The van der Waals surface area contributed by atoms with Crippen molar-refractivity contribution in [3.63, 3.8) is 0 Å². The van der Waals surface area contributed by atoms with Crippen LogP contribution in [-0.4, -0.2) is 34.7 Å². The number of halogens is 6. The SMILES string of the molecule is CC(Cc1ccc2c(c1)OC1(CC2)CC(N(C)C(C)c2cc(C(F)(F)F)ccc2C(F)(F)F)C1)C(=O)O. The molecule has 0 amide bonds. The van der Waals surface area contributed by atoms with E-state index in [0.717, 1.165) is 24.0 Å². The number of carbonyl (C=O) groups is 1. The second-order valence-corrected chi connectivity index (χ2v) is 10.4. The Morgan fingerprint density at radius 3 is 2.35 bits per heavy atom. The molecule has 1 spiro atoms. The zero-order chi connectivity index (χ0) is 27.3. The molecule has 0 bridgehead atoms. The second kappa shape index (κ2) is 9.53. The molecule has 1 saturated carbocycles. The third-order valence-electron chi connectivity index (χ3n) is 7.81. The van der Waals surface area contributed by atoms with E-state index in [1.807, 2.05) is 18.2 Å². The Bertz CT molecular complexity index is 1170. The third kappa shape index (κ3) is 5.58. The van der Waals surface area contributed by atoms with Gasteiger partial charge in [0.05, 0.1) is 17.0 Å². The molecule has 1 aliphatic carbocycles. The predicted molar refractivity (Wildman–Crippen MR) is 124 cm³/mol. The van der Waals surface area contributed by atoms with Crippen LogP contribution in [-0.2, 0) is 30.0 Å². The van der Waals surface area contributed by atoms with Crippen LogP contribution in [0.2, 0.25) is 0 Å². The molecular formula is C27H29F6NO3. The molecule has 37 heavy (non-hydrogen) atoms. The predicted octanol–water partition coefficient (Wildman–Crippen LogP) is 6.91. The third-order valence-corrected chi connectivity index (χ3v) is 7.81. The maximum atomic E-state index is 13.6. The van der Waals surface area contributed by atoms with Crippen LogP contribution in [0, 0.1) is 5.92 Å². The zero-order valence-electron chi connectivity index (χ0n) is 20.7. The summed E-state index contributed by atoms with van der Waals surface area (Å²) in [5, 5.41) is 9.18. The molecule has 4 nitrogen and oxygen atoms in total. The van der Waals surface area contributed by atoms with Crippen LogP contribution >= 0.6 is 0 Å². The number of hydrogen-bond donors (Lipinski definition) is 1. The standard InChI is InChI=1S/C27H29F6NO3/c1-15(24(35)36)10-17-4-5-18-8-9-25(37-23(18)11-17)13-20(14-25)34(3)16(2)21-12-19(26(28,29)30)6-7-22(21)27(31,32)33/h4-7,11-12,15-16,20H,8-10,13-14H2,1-3H3,(H,35,36). The maximum Gasteiger partial charge on any atom is 0.416 e. The number of carboxylic acids is 1. The lowest BCUT2D eigenvalue weighted by Crippen LogP contribution is -2.58. The first-order chi connectivity index (χ1) is 17.1. The highest BCUT2D eigenvalue weighted by Crippen LogP contribution is 2.49. The monoisotopic (exact) mass is 529 g/mol. The zero-order valence-corrected chi connectivity index (χ0v) is 20.7. The van der Waals surface area contributed by atoms with E-state index in [4.69, 9.17) is 4.74 Å². The summed E-state index contributed by atoms with van der Waals surface area (Å²) in [7, 11) is 1.63. The summed E-state index contributed by atoms with van der Waals surface area (Å²) >= 11 is 0. The van der Waals surface area contributed by atoms with E-state index in [2.05, 4.69) is 0 Å². The molecule has 2 unspecified atom stereocenters. The number of hydrogen-bond acceptors (Lipinski definition) is 3. The van der Waals surface area contributed by atoms with Gasteiger partial charge >= 0.3 is 18.3 Å². The van der Waals surface area contributed by atoms with Crippen molar-refractivity contribution in [2.75, 3.05) is 7.05 Å². The Morgan fingerprint density at radius 2 is 1.76 bits per heavy atom. The Hall–Kier alpha value is -2.75. The summed E-state index contributed by atoms with van der Waals surface area (Å²) in [5.41, 5.74) is -1.22. The molecule has 1 heterocycles. The summed E-state index contributed by atoms with van der Waals surface area (Å²) in [5.74, 6) is -0.743. The molecule has 2 aromatic rings. The fourth-order valence-corrected chi connectivity index (χ4v) is 5.37. The normalized spacial score (nSPS) is 23.2. The molecule has 202 valence electrons. The van der Waals surface area contributed by atoms with Crippen LogP contribution in [0.25, 0.3) is 0 Å². The number of carboxylic acid groups (broad SMARTS) is 1. The quantitative estimate of drug-likeness (QED) is 0.414. The first kappa shape index (κ1) is 27.3. The van der Waals surface area contributed by atoms with Crippen LogP contribution in [0.5, 0.6) is 5.75 Å². The van der Waals surface area contributed by atoms with E-state index < -0.39 is 52.6 Å². The molecule has 1 fully saturated rings. The summed E-state index contributed by atoms with van der Waals surface area (Å²) in [4.78, 5) is 12.9. The molecular weight excluding hydrogens is 500 g/mol. The maximum absolute atomic E-state index is 13.6. The van der Waals surface area contributed by atoms with Crippen LogP contribution in [0.4, 0.5) is 26.3 Å². The Balaban J connectivity index is 1.49. The summed E-state index contributed by atoms with van der Waals surface area (Å²) in [6, 6.07) is 6.20. The Labute approximate surface area is 211 Å². The first-order valence-corrected chi connectivity index (χ1v) is 12.1. The highest BCUT2D eigenvalue weighted by Gasteiger charge is 2.50. The largest absolute Gasteiger partial charge is 0.487 e. The van der Waals surface area contributed by atoms with Gasteiger partial charge in [0.25, 0.3) is 0 Å². The molecule has 1 N–H and O–H groups in total. The van der Waals surface area contributed by atoms with Crippen LogP contribution in [0.1, 0.15) is 67.0 Å². The van der Waals surface area contributed by atoms with Gasteiger partial charge in [0, 0.05) is 24.9 Å². The van der Waals surface area contributed by atoms with Crippen molar-refractivity contribution < 1.29 is 41.0 Å². The van der Waals surface area contributed by atoms with Gasteiger partial charge in [-0.1, -0.05) is 19.1 Å². The van der Waals surface area contributed by atoms with Crippen molar-refractivity contribution in [1.29, 1.82) is 0 Å². The van der Waals surface area contributed by atoms with E-state index in [1.165, 1.54) is 6.92 Å². The highest BCUT2D eigenvalue weighted by molar-refractivity contribution is 5.70. The van der Waals surface area contributed by atoms with Gasteiger partial charge in [-0.2, -0.15) is 26.3 Å². The number of alkyl halides is 6. The van der Waals surface area contributed by atoms with Crippen molar-refractivity contribution in [2.24, 2.45) is 5.92 Å². The second-order valence-electron chi connectivity index (χ2n) is 10.4. The number of rotatable bonds is 6. The number of aryl methyl sites for hydroxylation is 1. The number of aliphatic carboxylic acids is 1. The van der Waals surface area contributed by atoms with E-state index in [9.17, 15) is 36.2 Å². The lowest BCUT2D eigenvalue weighted by Gasteiger charge is -2.53. The summed E-state index contributed by atoms with van der Waals surface area (Å²) in [6.45, 7) is 3.12. The van der Waals surface area contributed by atoms with Gasteiger partial charge in [-0.05, 0) is 74.2 Å². The molecule has 0 saturated heterocycles. The van der Waals surface area contributed by atoms with Crippen molar-refractivity contribution in [1.82, 2.24) is 4.90 Å². The van der Waals surface area contributed by atoms with Gasteiger partial charge in [0.15, 0.2) is 0 Å². The smallest absolute Gasteiger partial charge is 0.416 e. The molecule has 2 aromatic carbocycles. The highest BCUT2D eigenvalue weighted by atomic mass is 19.4. The fraction of sp³-hybridized carbons (Fsp3) is 0.519. The van der Waals surface area contributed by atoms with Gasteiger partial charge in [-0.3, -0.25) is 9.69 Å². The Kier molecular flexibility index (Phi) is 7.03. The van der Waals surface area contributed by atoms with E-state index in [-0.39, 0.29) is 6.04 Å². The van der Waals surface area contributed by atoms with Crippen molar-refractivity contribution in [2.45, 2.75) is 76.0 Å². The lowest BCUT2D eigenvalue weighted by molar-refractivity contribution is -0.142. The number of benzene rings is 2. The molecule has 4 rings (SSSR count). The number of fused-ring (bicyclic) bond motifs is 1. The van der Waals surface area contributed by atoms with Crippen LogP contribution < -0.4 is 4.74 Å². The average molecular weight is 530 g/mol. The fourth-order valence-electron chi connectivity index (χ4n) is 5.37. The molecule has 10 heteroatoms. The topological polar surface area (TPSA) is 49.8 Å². The summed E-state index contributed by atoms with van der Waals surface area (Å²) < 4.78 is 87.0. The van der Waals surface area contributed by atoms with Gasteiger partial charge in [0.1, 0.15) is 11.4 Å². The number of nitrogens with zero attached hydrogens (tertiary/aromatic N) is 1. The molecule has 1 aliphatic heterocycles. The van der Waals surface area contributed by atoms with Gasteiger partial charge in [0.2, 0.25) is 0 Å². The van der Waals surface area contributed by atoms with E-state index in [1.54, 1.807) is 18.9 Å². The Morgan fingerprint density at radius 1 is 1.08 bits per heavy atom. The van der Waals surface area contributed by atoms with E-state index in [0.29, 0.717) is 43.2 Å². The minimum atomic E-state index is -4.78. The minimum absolute atomic E-state index is 0.164. The average Bonchev–Trinajstić information content (AvgIpc) is 2.79. The molecule has 0 aromatic heterocycles. The van der Waals surface area contributed by atoms with Crippen molar-refractivity contribution in [3.05, 3.63) is 64.2 Å². The van der Waals surface area contributed by atoms with Gasteiger partial charge < -0.3 is 9.84 Å². The molecule has 0 radical (unpaired) electrons. The lowest BCUT2D eigenvalue weighted by atomic mass is 9.70. The molecule has 2 atom stereocenters. The molecule has 2 aliphatic rings. The first-order valence-electron chi connectivity index (χ1n) is 12.1. The van der Waals surface area contributed by atoms with Crippen molar-refractivity contribution >= 4 is 5.97 Å². The van der Waals surface area contributed by atoms with Crippen molar-refractivity contribution in [3.8, 4) is 5.75 Å². The van der Waals surface area contributed by atoms with Crippen LogP contribution in [0.3, 0.4) is 0 Å². The number of ether oxygens (including phenoxy) is 1.